The SMILES string of the molecule is CC(C)C[C@@H]1CSC(Nc2ccc(CCNc3nc4ccccc4s3)cc2)=N1. The monoisotopic (exact) mass is 410 g/mol. The first kappa shape index (κ1) is 19.3. The van der Waals surface area contributed by atoms with Crippen LogP contribution in [0.25, 0.3) is 10.2 Å². The third kappa shape index (κ3) is 5.06. The third-order valence-corrected chi connectivity index (χ3v) is 6.67. The van der Waals surface area contributed by atoms with E-state index in [2.05, 4.69) is 71.9 Å². The number of hydrogen-bond acceptors (Lipinski definition) is 6. The molecule has 0 amide bonds. The van der Waals surface area contributed by atoms with Crippen molar-refractivity contribution in [2.45, 2.75) is 32.7 Å². The first-order valence-corrected chi connectivity index (χ1v) is 11.6. The molecule has 4 rings (SSSR count). The van der Waals surface area contributed by atoms with Gasteiger partial charge in [-0.3, -0.25) is 4.99 Å². The highest BCUT2D eigenvalue weighted by molar-refractivity contribution is 8.14. The number of anilines is 2. The van der Waals surface area contributed by atoms with Gasteiger partial charge in [0.25, 0.3) is 0 Å². The number of thioether (sulfide) groups is 1. The Labute approximate surface area is 174 Å². The van der Waals surface area contributed by atoms with Gasteiger partial charge in [0.2, 0.25) is 0 Å². The van der Waals surface area contributed by atoms with Crippen LogP contribution in [-0.4, -0.2) is 28.5 Å². The summed E-state index contributed by atoms with van der Waals surface area (Å²) in [7, 11) is 0. The molecule has 2 aromatic carbocycles. The van der Waals surface area contributed by atoms with Crippen molar-refractivity contribution in [3.05, 3.63) is 54.1 Å². The lowest BCUT2D eigenvalue weighted by Crippen LogP contribution is -2.08. The van der Waals surface area contributed by atoms with E-state index in [9.17, 15) is 0 Å². The summed E-state index contributed by atoms with van der Waals surface area (Å²) >= 11 is 3.54. The van der Waals surface area contributed by atoms with Gasteiger partial charge in [0.1, 0.15) is 0 Å². The van der Waals surface area contributed by atoms with E-state index in [-0.39, 0.29) is 0 Å². The van der Waals surface area contributed by atoms with E-state index < -0.39 is 0 Å². The molecule has 2 N–H and O–H groups in total. The number of amidine groups is 1. The van der Waals surface area contributed by atoms with Crippen LogP contribution in [0.4, 0.5) is 10.8 Å². The van der Waals surface area contributed by atoms with Gasteiger partial charge in [0.05, 0.1) is 16.3 Å². The minimum atomic E-state index is 0.459. The van der Waals surface area contributed by atoms with Crippen molar-refractivity contribution >= 4 is 49.3 Å². The molecular formula is C22H26N4S2. The zero-order valence-electron chi connectivity index (χ0n) is 16.3. The molecule has 6 heteroatoms. The van der Waals surface area contributed by atoms with Crippen LogP contribution in [-0.2, 0) is 6.42 Å². The molecule has 2 heterocycles. The predicted octanol–water partition coefficient (Wildman–Crippen LogP) is 5.88. The Morgan fingerprint density at radius 3 is 2.71 bits per heavy atom. The zero-order valence-corrected chi connectivity index (χ0v) is 17.9. The van der Waals surface area contributed by atoms with E-state index >= 15 is 0 Å². The molecule has 0 saturated carbocycles. The molecule has 0 aliphatic carbocycles. The highest BCUT2D eigenvalue weighted by Crippen LogP contribution is 2.26. The fourth-order valence-electron chi connectivity index (χ4n) is 3.29. The maximum Gasteiger partial charge on any atom is 0.183 e. The molecule has 0 bridgehead atoms. The van der Waals surface area contributed by atoms with E-state index in [0.29, 0.717) is 12.0 Å². The van der Waals surface area contributed by atoms with Gasteiger partial charge in [-0.25, -0.2) is 4.98 Å². The van der Waals surface area contributed by atoms with Crippen LogP contribution in [0.15, 0.2) is 53.5 Å². The first-order chi connectivity index (χ1) is 13.7. The maximum atomic E-state index is 4.80. The lowest BCUT2D eigenvalue weighted by Gasteiger charge is -2.08. The molecule has 1 atom stereocenters. The second kappa shape index (κ2) is 8.97. The van der Waals surface area contributed by atoms with Crippen molar-refractivity contribution in [3.8, 4) is 0 Å². The Morgan fingerprint density at radius 1 is 1.11 bits per heavy atom. The molecule has 1 aliphatic heterocycles. The van der Waals surface area contributed by atoms with Gasteiger partial charge in [-0.15, -0.1) is 0 Å². The van der Waals surface area contributed by atoms with Gasteiger partial charge < -0.3 is 10.6 Å². The van der Waals surface area contributed by atoms with Crippen LogP contribution >= 0.6 is 23.1 Å². The average molecular weight is 411 g/mol. The summed E-state index contributed by atoms with van der Waals surface area (Å²) in [6.45, 7) is 5.40. The normalized spacial score (nSPS) is 16.5. The molecule has 28 heavy (non-hydrogen) atoms. The Balaban J connectivity index is 1.26. The fourth-order valence-corrected chi connectivity index (χ4v) is 5.15. The van der Waals surface area contributed by atoms with Gasteiger partial charge in [0.15, 0.2) is 10.3 Å². The number of aliphatic imine (C=N–C) groups is 1. The number of rotatable bonds is 7. The smallest absolute Gasteiger partial charge is 0.183 e. The number of nitrogens with zero attached hydrogens (tertiary/aromatic N) is 2. The summed E-state index contributed by atoms with van der Waals surface area (Å²) in [6.07, 6.45) is 2.14. The fraction of sp³-hybridized carbons (Fsp3) is 0.364. The summed E-state index contributed by atoms with van der Waals surface area (Å²) in [5.41, 5.74) is 3.49. The minimum Gasteiger partial charge on any atom is -0.361 e. The van der Waals surface area contributed by atoms with Crippen LogP contribution < -0.4 is 10.6 Å². The summed E-state index contributed by atoms with van der Waals surface area (Å²) in [4.78, 5) is 9.42. The van der Waals surface area contributed by atoms with Gasteiger partial charge in [0, 0.05) is 18.0 Å². The lowest BCUT2D eigenvalue weighted by molar-refractivity contribution is 0.529. The van der Waals surface area contributed by atoms with Crippen LogP contribution in [0.1, 0.15) is 25.8 Å². The first-order valence-electron chi connectivity index (χ1n) is 9.82. The molecule has 0 fully saturated rings. The number of aromatic nitrogens is 1. The quantitative estimate of drug-likeness (QED) is 0.511. The number of para-hydroxylation sites is 1. The maximum absolute atomic E-state index is 4.80. The number of fused-ring (bicyclic) bond motifs is 1. The van der Waals surface area contributed by atoms with E-state index in [1.165, 1.54) is 16.7 Å². The largest absolute Gasteiger partial charge is 0.361 e. The van der Waals surface area contributed by atoms with Crippen LogP contribution in [0.5, 0.6) is 0 Å². The average Bonchev–Trinajstić information content (AvgIpc) is 3.29. The van der Waals surface area contributed by atoms with Crippen molar-refractivity contribution in [3.63, 3.8) is 0 Å². The highest BCUT2D eigenvalue weighted by atomic mass is 32.2. The summed E-state index contributed by atoms with van der Waals surface area (Å²) in [5, 5.41) is 8.95. The van der Waals surface area contributed by atoms with E-state index in [4.69, 9.17) is 4.99 Å². The van der Waals surface area contributed by atoms with Crippen LogP contribution in [0.3, 0.4) is 0 Å². The van der Waals surface area contributed by atoms with Crippen molar-refractivity contribution in [2.75, 3.05) is 22.9 Å². The number of hydrogen-bond donors (Lipinski definition) is 2. The lowest BCUT2D eigenvalue weighted by atomic mass is 10.1. The topological polar surface area (TPSA) is 49.3 Å². The Kier molecular flexibility index (Phi) is 6.17. The summed E-state index contributed by atoms with van der Waals surface area (Å²) in [6, 6.07) is 17.4. The van der Waals surface area contributed by atoms with Gasteiger partial charge >= 0.3 is 0 Å². The summed E-state index contributed by atoms with van der Waals surface area (Å²) < 4.78 is 1.23. The molecule has 4 nitrogen and oxygen atoms in total. The van der Waals surface area contributed by atoms with E-state index in [1.807, 2.05) is 17.8 Å². The Hall–Kier alpha value is -2.05. The molecule has 0 unspecified atom stereocenters. The Bertz CT molecular complexity index is 914. The molecule has 3 aromatic rings. The van der Waals surface area contributed by atoms with Gasteiger partial charge in [-0.2, -0.15) is 0 Å². The van der Waals surface area contributed by atoms with Crippen molar-refractivity contribution in [2.24, 2.45) is 10.9 Å². The Morgan fingerprint density at radius 2 is 1.93 bits per heavy atom. The molecule has 1 aliphatic rings. The van der Waals surface area contributed by atoms with E-state index in [1.54, 1.807) is 11.3 Å². The predicted molar refractivity (Wildman–Crippen MR) is 125 cm³/mol. The number of nitrogens with one attached hydrogen (secondary N) is 2. The molecule has 1 aromatic heterocycles. The van der Waals surface area contributed by atoms with Crippen molar-refractivity contribution in [1.29, 1.82) is 0 Å². The molecule has 0 spiro atoms. The van der Waals surface area contributed by atoms with Crippen LogP contribution in [0.2, 0.25) is 0 Å². The second-order valence-electron chi connectivity index (χ2n) is 7.51. The second-order valence-corrected chi connectivity index (χ2v) is 9.55. The zero-order chi connectivity index (χ0) is 19.3. The number of thiazole rings is 1. The molecular weight excluding hydrogens is 384 g/mol. The third-order valence-electron chi connectivity index (χ3n) is 4.64. The molecule has 0 radical (unpaired) electrons. The van der Waals surface area contributed by atoms with Crippen molar-refractivity contribution in [1.82, 2.24) is 4.98 Å². The summed E-state index contributed by atoms with van der Waals surface area (Å²) in [5.74, 6) is 1.79. The van der Waals surface area contributed by atoms with Gasteiger partial charge in [-0.1, -0.05) is 61.2 Å². The number of benzene rings is 2. The van der Waals surface area contributed by atoms with Crippen molar-refractivity contribution < 1.29 is 0 Å². The standard InChI is InChI=1S/C22H26N4S2/c1-15(2)13-18-14-27-22(25-18)24-17-9-7-16(8-10-17)11-12-23-21-26-19-5-3-4-6-20(19)28-21/h3-10,15,18H,11-14H2,1-2H3,(H,23,26)(H,24,25)/t18-/m1/s1. The van der Waals surface area contributed by atoms with E-state index in [0.717, 1.165) is 40.2 Å². The van der Waals surface area contributed by atoms with Crippen LogP contribution in [0, 0.1) is 5.92 Å². The molecule has 0 saturated heterocycles. The molecule has 146 valence electrons. The highest BCUT2D eigenvalue weighted by Gasteiger charge is 2.19. The van der Waals surface area contributed by atoms with Gasteiger partial charge in [-0.05, 0) is 48.6 Å². The minimum absolute atomic E-state index is 0.459.